The Labute approximate surface area is 139 Å². The van der Waals surface area contributed by atoms with Crippen LogP contribution in [0.3, 0.4) is 0 Å². The molecule has 6 heteroatoms. The number of hydrogen-bond donors (Lipinski definition) is 3. The Hall–Kier alpha value is -3.15. The zero-order chi connectivity index (χ0) is 16.4. The van der Waals surface area contributed by atoms with Crippen molar-refractivity contribution in [3.63, 3.8) is 0 Å². The van der Waals surface area contributed by atoms with Crippen LogP contribution in [0.1, 0.15) is 11.3 Å². The van der Waals surface area contributed by atoms with Crippen LogP contribution in [0.25, 0.3) is 22.3 Å². The summed E-state index contributed by atoms with van der Waals surface area (Å²) >= 11 is 0. The quantitative estimate of drug-likeness (QED) is 0.527. The summed E-state index contributed by atoms with van der Waals surface area (Å²) in [7, 11) is 0. The van der Waals surface area contributed by atoms with Crippen molar-refractivity contribution in [1.82, 2.24) is 25.4 Å². The first kappa shape index (κ1) is 14.4. The van der Waals surface area contributed by atoms with Crippen molar-refractivity contribution in [1.29, 1.82) is 0 Å². The van der Waals surface area contributed by atoms with Gasteiger partial charge in [0.25, 0.3) is 0 Å². The van der Waals surface area contributed by atoms with Crippen molar-refractivity contribution in [2.45, 2.75) is 13.3 Å². The molecular formula is C18H18N6. The lowest BCUT2D eigenvalue weighted by atomic mass is 10.1. The van der Waals surface area contributed by atoms with Gasteiger partial charge in [-0.2, -0.15) is 10.1 Å². The fourth-order valence-electron chi connectivity index (χ4n) is 2.72. The topological polar surface area (TPSA) is 82.3 Å². The number of H-pyrrole nitrogens is 2. The lowest BCUT2D eigenvalue weighted by Crippen LogP contribution is -2.05. The predicted octanol–water partition coefficient (Wildman–Crippen LogP) is 3.31. The average molecular weight is 318 g/mol. The Morgan fingerprint density at radius 2 is 1.88 bits per heavy atom. The summed E-state index contributed by atoms with van der Waals surface area (Å²) in [5.41, 5.74) is 4.29. The normalized spacial score (nSPS) is 11.0. The van der Waals surface area contributed by atoms with Gasteiger partial charge in [-0.1, -0.05) is 30.3 Å². The number of nitrogens with zero attached hydrogens (tertiary/aromatic N) is 3. The molecule has 2 aromatic carbocycles. The average Bonchev–Trinajstić information content (AvgIpc) is 3.23. The van der Waals surface area contributed by atoms with Crippen LogP contribution in [-0.2, 0) is 6.42 Å². The van der Waals surface area contributed by atoms with E-state index in [0.29, 0.717) is 5.95 Å². The van der Waals surface area contributed by atoms with Crippen LogP contribution in [0.2, 0.25) is 0 Å². The molecular weight excluding hydrogens is 300 g/mol. The second-order valence-electron chi connectivity index (χ2n) is 5.75. The molecule has 0 bridgehead atoms. The summed E-state index contributed by atoms with van der Waals surface area (Å²) in [4.78, 5) is 4.52. The summed E-state index contributed by atoms with van der Waals surface area (Å²) < 4.78 is 0. The standard InChI is InChI=1S/C18H18N6/c1-12-15-11-14(7-8-16(15)22-21-12)17-20-18(24-23-17)19-10-9-13-5-3-2-4-6-13/h2-8,11H,9-10H2,1H3,(H,21,22)(H2,19,20,23,24). The second kappa shape index (κ2) is 6.16. The van der Waals surface area contributed by atoms with Gasteiger partial charge < -0.3 is 5.32 Å². The molecule has 0 spiro atoms. The molecule has 0 aliphatic carbocycles. The number of nitrogens with one attached hydrogen (secondary N) is 3. The summed E-state index contributed by atoms with van der Waals surface area (Å²) in [5.74, 6) is 1.37. The highest BCUT2D eigenvalue weighted by atomic mass is 15.3. The summed E-state index contributed by atoms with van der Waals surface area (Å²) in [5, 5.41) is 18.8. The Morgan fingerprint density at radius 3 is 2.75 bits per heavy atom. The van der Waals surface area contributed by atoms with Crippen molar-refractivity contribution in [2.75, 3.05) is 11.9 Å². The molecule has 120 valence electrons. The summed E-state index contributed by atoms with van der Waals surface area (Å²) in [6, 6.07) is 16.4. The van der Waals surface area contributed by atoms with Gasteiger partial charge in [0.05, 0.1) is 5.52 Å². The van der Waals surface area contributed by atoms with E-state index in [0.717, 1.165) is 41.0 Å². The first-order valence-electron chi connectivity index (χ1n) is 7.95. The van der Waals surface area contributed by atoms with Gasteiger partial charge in [-0.05, 0) is 37.1 Å². The molecule has 0 amide bonds. The number of anilines is 1. The third-order valence-corrected chi connectivity index (χ3v) is 4.04. The third-order valence-electron chi connectivity index (χ3n) is 4.04. The number of aromatic nitrogens is 5. The third kappa shape index (κ3) is 2.86. The fourth-order valence-corrected chi connectivity index (χ4v) is 2.72. The second-order valence-corrected chi connectivity index (χ2v) is 5.75. The number of hydrogen-bond acceptors (Lipinski definition) is 4. The monoisotopic (exact) mass is 318 g/mol. The van der Waals surface area contributed by atoms with E-state index >= 15 is 0 Å². The van der Waals surface area contributed by atoms with Crippen LogP contribution < -0.4 is 5.32 Å². The van der Waals surface area contributed by atoms with Crippen molar-refractivity contribution >= 4 is 16.9 Å². The van der Waals surface area contributed by atoms with E-state index in [1.165, 1.54) is 5.56 Å². The first-order chi connectivity index (χ1) is 11.8. The Balaban J connectivity index is 1.46. The lowest BCUT2D eigenvalue weighted by molar-refractivity contribution is 0.985. The van der Waals surface area contributed by atoms with Crippen LogP contribution in [0, 0.1) is 6.92 Å². The van der Waals surface area contributed by atoms with Gasteiger partial charge in [-0.25, -0.2) is 0 Å². The molecule has 24 heavy (non-hydrogen) atoms. The van der Waals surface area contributed by atoms with Crippen molar-refractivity contribution < 1.29 is 0 Å². The van der Waals surface area contributed by atoms with Gasteiger partial charge in [-0.15, -0.1) is 5.10 Å². The molecule has 4 aromatic rings. The minimum atomic E-state index is 0.616. The highest BCUT2D eigenvalue weighted by Gasteiger charge is 2.08. The number of rotatable bonds is 5. The molecule has 2 aromatic heterocycles. The van der Waals surface area contributed by atoms with E-state index in [1.807, 2.05) is 37.3 Å². The molecule has 0 atom stereocenters. The maximum atomic E-state index is 4.52. The number of aryl methyl sites for hydroxylation is 1. The van der Waals surface area contributed by atoms with Gasteiger partial charge in [0.15, 0.2) is 5.82 Å². The van der Waals surface area contributed by atoms with Crippen LogP contribution >= 0.6 is 0 Å². The van der Waals surface area contributed by atoms with Gasteiger partial charge in [0, 0.05) is 23.2 Å². The first-order valence-corrected chi connectivity index (χ1v) is 7.95. The van der Waals surface area contributed by atoms with Crippen molar-refractivity contribution in [3.05, 3.63) is 59.8 Å². The van der Waals surface area contributed by atoms with E-state index in [1.54, 1.807) is 0 Å². The molecule has 0 unspecified atom stereocenters. The minimum Gasteiger partial charge on any atom is -0.353 e. The molecule has 6 nitrogen and oxygen atoms in total. The van der Waals surface area contributed by atoms with Gasteiger partial charge >= 0.3 is 0 Å². The van der Waals surface area contributed by atoms with Gasteiger partial charge in [0.2, 0.25) is 5.95 Å². The lowest BCUT2D eigenvalue weighted by Gasteiger charge is -2.01. The van der Waals surface area contributed by atoms with Crippen molar-refractivity contribution in [3.8, 4) is 11.4 Å². The molecule has 0 radical (unpaired) electrons. The van der Waals surface area contributed by atoms with E-state index < -0.39 is 0 Å². The van der Waals surface area contributed by atoms with E-state index in [9.17, 15) is 0 Å². The number of fused-ring (bicyclic) bond motifs is 1. The molecule has 2 heterocycles. The Bertz CT molecular complexity index is 954. The van der Waals surface area contributed by atoms with E-state index in [-0.39, 0.29) is 0 Å². The maximum absolute atomic E-state index is 4.52. The fraction of sp³-hybridized carbons (Fsp3) is 0.167. The smallest absolute Gasteiger partial charge is 0.242 e. The number of benzene rings is 2. The molecule has 0 saturated heterocycles. The highest BCUT2D eigenvalue weighted by molar-refractivity contribution is 5.85. The molecule has 0 fully saturated rings. The Kier molecular flexibility index (Phi) is 3.70. The van der Waals surface area contributed by atoms with Crippen LogP contribution in [-0.4, -0.2) is 31.9 Å². The van der Waals surface area contributed by atoms with Gasteiger partial charge in [-0.3, -0.25) is 10.2 Å². The molecule has 0 aliphatic rings. The largest absolute Gasteiger partial charge is 0.353 e. The summed E-state index contributed by atoms with van der Waals surface area (Å²) in [6.45, 7) is 2.80. The number of aromatic amines is 2. The zero-order valence-electron chi connectivity index (χ0n) is 13.4. The van der Waals surface area contributed by atoms with Crippen molar-refractivity contribution in [2.24, 2.45) is 0 Å². The van der Waals surface area contributed by atoms with Crippen LogP contribution in [0.4, 0.5) is 5.95 Å². The van der Waals surface area contributed by atoms with Crippen LogP contribution in [0.15, 0.2) is 48.5 Å². The van der Waals surface area contributed by atoms with Gasteiger partial charge in [0.1, 0.15) is 0 Å². The zero-order valence-corrected chi connectivity index (χ0v) is 13.4. The van der Waals surface area contributed by atoms with Crippen LogP contribution in [0.5, 0.6) is 0 Å². The highest BCUT2D eigenvalue weighted by Crippen LogP contribution is 2.23. The molecule has 3 N–H and O–H groups in total. The van der Waals surface area contributed by atoms with E-state index in [2.05, 4.69) is 48.9 Å². The Morgan fingerprint density at radius 1 is 1.00 bits per heavy atom. The molecule has 0 saturated carbocycles. The SMILES string of the molecule is Cc1[nH]nc2ccc(-c3nc(NCCc4ccccc4)n[nH]3)cc12. The maximum Gasteiger partial charge on any atom is 0.242 e. The molecule has 4 rings (SSSR count). The predicted molar refractivity (Wildman–Crippen MR) is 94.8 cm³/mol. The summed E-state index contributed by atoms with van der Waals surface area (Å²) in [6.07, 6.45) is 0.935. The molecule has 0 aliphatic heterocycles. The minimum absolute atomic E-state index is 0.616. The van der Waals surface area contributed by atoms with E-state index in [4.69, 9.17) is 0 Å².